The highest BCUT2D eigenvalue weighted by molar-refractivity contribution is 4.50. The number of hydrogen-bond donors (Lipinski definition) is 1. The molecular weight excluding hydrogens is 116 g/mol. The van der Waals surface area contributed by atoms with Gasteiger partial charge in [-0.1, -0.05) is 13.8 Å². The van der Waals surface area contributed by atoms with Crippen molar-refractivity contribution < 1.29 is 9.84 Å². The van der Waals surface area contributed by atoms with Crippen molar-refractivity contribution in [1.29, 1.82) is 0 Å². The van der Waals surface area contributed by atoms with Crippen molar-refractivity contribution >= 4 is 0 Å². The molecule has 0 aliphatic rings. The number of aliphatic hydroxyl groups excluding tert-OH is 1. The summed E-state index contributed by atoms with van der Waals surface area (Å²) in [6.45, 7) is 6.48. The molecule has 0 radical (unpaired) electrons. The van der Waals surface area contributed by atoms with Gasteiger partial charge in [0.05, 0.1) is 0 Å². The molecule has 2 heteroatoms. The predicted octanol–water partition coefficient (Wildman–Crippen LogP) is 1.39. The molecule has 0 spiro atoms. The van der Waals surface area contributed by atoms with Crippen molar-refractivity contribution in [2.45, 2.75) is 33.5 Å². The largest absolute Gasteiger partial charge is 0.368 e. The van der Waals surface area contributed by atoms with Gasteiger partial charge in [0, 0.05) is 12.5 Å². The van der Waals surface area contributed by atoms with Crippen LogP contribution in [0.15, 0.2) is 0 Å². The van der Waals surface area contributed by atoms with Crippen molar-refractivity contribution in [3.05, 3.63) is 0 Å². The second-order valence-electron chi connectivity index (χ2n) is 2.23. The van der Waals surface area contributed by atoms with Gasteiger partial charge in [0.2, 0.25) is 0 Å². The predicted molar refractivity (Wildman–Crippen MR) is 37.1 cm³/mol. The van der Waals surface area contributed by atoms with Gasteiger partial charge in [0.1, 0.15) is 0 Å². The van der Waals surface area contributed by atoms with E-state index in [1.54, 1.807) is 0 Å². The van der Waals surface area contributed by atoms with Gasteiger partial charge in [-0.15, -0.1) is 0 Å². The van der Waals surface area contributed by atoms with E-state index in [0.29, 0.717) is 6.61 Å². The fraction of sp³-hybridized carbons (Fsp3) is 1.00. The Morgan fingerprint density at radius 2 is 2.00 bits per heavy atom. The number of hydrogen-bond acceptors (Lipinski definition) is 2. The maximum absolute atomic E-state index is 9.10. The molecule has 0 saturated carbocycles. The van der Waals surface area contributed by atoms with Crippen molar-refractivity contribution in [2.75, 3.05) is 6.61 Å². The Balaban J connectivity index is 3.32. The molecule has 0 heterocycles. The quantitative estimate of drug-likeness (QED) is 0.586. The van der Waals surface area contributed by atoms with Crippen molar-refractivity contribution in [1.82, 2.24) is 0 Å². The van der Waals surface area contributed by atoms with Crippen LogP contribution in [-0.2, 0) is 4.74 Å². The van der Waals surface area contributed by atoms with Crippen molar-refractivity contribution in [3.8, 4) is 0 Å². The molecule has 1 N–H and O–H groups in total. The van der Waals surface area contributed by atoms with Gasteiger partial charge in [-0.25, -0.2) is 0 Å². The Bertz CT molecular complexity index is 63.9. The molecule has 0 aromatic heterocycles. The third kappa shape index (κ3) is 3.49. The standard InChI is InChI=1S/C7H16O2/c1-4-6(3)7(8)9-5-2/h6-8H,4-5H2,1-3H3. The molecule has 0 aromatic rings. The lowest BCUT2D eigenvalue weighted by Crippen LogP contribution is -2.20. The second-order valence-corrected chi connectivity index (χ2v) is 2.23. The molecule has 0 aromatic carbocycles. The van der Waals surface area contributed by atoms with Crippen LogP contribution in [-0.4, -0.2) is 18.0 Å². The summed E-state index contributed by atoms with van der Waals surface area (Å²) in [6.07, 6.45) is 0.390. The highest BCUT2D eigenvalue weighted by Crippen LogP contribution is 2.07. The molecule has 2 atom stereocenters. The van der Waals surface area contributed by atoms with Gasteiger partial charge in [-0.3, -0.25) is 0 Å². The second kappa shape index (κ2) is 4.77. The van der Waals surface area contributed by atoms with Gasteiger partial charge in [-0.05, 0) is 13.3 Å². The summed E-state index contributed by atoms with van der Waals surface area (Å²) in [5, 5.41) is 9.10. The minimum absolute atomic E-state index is 0.255. The van der Waals surface area contributed by atoms with Crippen LogP contribution in [0.5, 0.6) is 0 Å². The van der Waals surface area contributed by atoms with Crippen LogP contribution in [0.4, 0.5) is 0 Å². The Morgan fingerprint density at radius 1 is 1.44 bits per heavy atom. The van der Waals surface area contributed by atoms with E-state index in [4.69, 9.17) is 9.84 Å². The normalized spacial score (nSPS) is 17.3. The van der Waals surface area contributed by atoms with Gasteiger partial charge in [0.15, 0.2) is 6.29 Å². The number of rotatable bonds is 4. The molecule has 0 aliphatic carbocycles. The van der Waals surface area contributed by atoms with Crippen molar-refractivity contribution in [3.63, 3.8) is 0 Å². The molecule has 0 fully saturated rings. The fourth-order valence-electron chi connectivity index (χ4n) is 0.537. The van der Waals surface area contributed by atoms with Crippen LogP contribution in [0.2, 0.25) is 0 Å². The first-order valence-corrected chi connectivity index (χ1v) is 3.52. The van der Waals surface area contributed by atoms with Gasteiger partial charge in [-0.2, -0.15) is 0 Å². The monoisotopic (exact) mass is 132 g/mol. The zero-order chi connectivity index (χ0) is 7.28. The fourth-order valence-corrected chi connectivity index (χ4v) is 0.537. The van der Waals surface area contributed by atoms with Crippen LogP contribution in [0.1, 0.15) is 27.2 Å². The average Bonchev–Trinajstić information content (AvgIpc) is 1.87. The maximum Gasteiger partial charge on any atom is 0.157 e. The summed E-state index contributed by atoms with van der Waals surface area (Å²) in [5.74, 6) is 0.255. The minimum Gasteiger partial charge on any atom is -0.368 e. The molecule has 0 amide bonds. The smallest absolute Gasteiger partial charge is 0.157 e. The SMILES string of the molecule is CCOC(O)C(C)CC. The first-order chi connectivity index (χ1) is 4.22. The maximum atomic E-state index is 9.10. The first kappa shape index (κ1) is 8.92. The van der Waals surface area contributed by atoms with E-state index in [2.05, 4.69) is 0 Å². The molecule has 9 heavy (non-hydrogen) atoms. The lowest BCUT2D eigenvalue weighted by Gasteiger charge is -2.15. The minimum atomic E-state index is -0.569. The average molecular weight is 132 g/mol. The molecule has 0 rings (SSSR count). The third-order valence-corrected chi connectivity index (χ3v) is 1.47. The topological polar surface area (TPSA) is 29.5 Å². The van der Waals surface area contributed by atoms with E-state index in [0.717, 1.165) is 6.42 Å². The summed E-state index contributed by atoms with van der Waals surface area (Å²) >= 11 is 0. The summed E-state index contributed by atoms with van der Waals surface area (Å²) < 4.78 is 4.95. The van der Waals surface area contributed by atoms with Crippen LogP contribution in [0.3, 0.4) is 0 Å². The molecule has 2 nitrogen and oxygen atoms in total. The highest BCUT2D eigenvalue weighted by atomic mass is 16.6. The van der Waals surface area contributed by atoms with E-state index < -0.39 is 6.29 Å². The Labute approximate surface area is 56.8 Å². The highest BCUT2D eigenvalue weighted by Gasteiger charge is 2.10. The van der Waals surface area contributed by atoms with Gasteiger partial charge >= 0.3 is 0 Å². The van der Waals surface area contributed by atoms with E-state index >= 15 is 0 Å². The van der Waals surface area contributed by atoms with E-state index in [1.807, 2.05) is 20.8 Å². The lowest BCUT2D eigenvalue weighted by atomic mass is 10.1. The van der Waals surface area contributed by atoms with E-state index in [-0.39, 0.29) is 5.92 Å². The summed E-state index contributed by atoms with van der Waals surface area (Å²) in [4.78, 5) is 0. The van der Waals surface area contributed by atoms with Crippen LogP contribution < -0.4 is 0 Å². The van der Waals surface area contributed by atoms with E-state index in [1.165, 1.54) is 0 Å². The number of aliphatic hydroxyl groups is 1. The van der Waals surface area contributed by atoms with E-state index in [9.17, 15) is 0 Å². The van der Waals surface area contributed by atoms with Crippen LogP contribution in [0.25, 0.3) is 0 Å². The number of ether oxygens (including phenoxy) is 1. The zero-order valence-corrected chi connectivity index (χ0v) is 6.42. The summed E-state index contributed by atoms with van der Waals surface area (Å²) in [6, 6.07) is 0. The van der Waals surface area contributed by atoms with Gasteiger partial charge < -0.3 is 9.84 Å². The molecule has 0 aliphatic heterocycles. The summed E-state index contributed by atoms with van der Waals surface area (Å²) in [5.41, 5.74) is 0. The van der Waals surface area contributed by atoms with Crippen LogP contribution in [0, 0.1) is 5.92 Å². The molecule has 56 valence electrons. The van der Waals surface area contributed by atoms with Crippen LogP contribution >= 0.6 is 0 Å². The zero-order valence-electron chi connectivity index (χ0n) is 6.42. The Hall–Kier alpha value is -0.0800. The lowest BCUT2D eigenvalue weighted by molar-refractivity contribution is -0.126. The Kier molecular flexibility index (Phi) is 4.72. The molecule has 0 bridgehead atoms. The molecule has 0 saturated heterocycles. The van der Waals surface area contributed by atoms with Gasteiger partial charge in [0.25, 0.3) is 0 Å². The molecular formula is C7H16O2. The Morgan fingerprint density at radius 3 is 2.33 bits per heavy atom. The third-order valence-electron chi connectivity index (χ3n) is 1.47. The molecule has 2 unspecified atom stereocenters. The first-order valence-electron chi connectivity index (χ1n) is 3.52. The van der Waals surface area contributed by atoms with Crippen molar-refractivity contribution in [2.24, 2.45) is 5.92 Å². The summed E-state index contributed by atoms with van der Waals surface area (Å²) in [7, 11) is 0.